The Hall–Kier alpha value is -1.84. The van der Waals surface area contributed by atoms with Gasteiger partial charge in [-0.05, 0) is 36.6 Å². The lowest BCUT2D eigenvalue weighted by Crippen LogP contribution is -2.48. The molecule has 1 aromatic rings. The predicted octanol–water partition coefficient (Wildman–Crippen LogP) is 4.14. The van der Waals surface area contributed by atoms with Gasteiger partial charge in [0.05, 0.1) is 0 Å². The number of anilines is 1. The van der Waals surface area contributed by atoms with Crippen molar-refractivity contribution in [2.75, 3.05) is 31.1 Å². The molecule has 1 saturated heterocycles. The molecule has 0 unspecified atom stereocenters. The maximum absolute atomic E-state index is 12.3. The Morgan fingerprint density at radius 3 is 2.20 bits per heavy atom. The third-order valence-electron chi connectivity index (χ3n) is 4.93. The first-order valence-corrected chi connectivity index (χ1v) is 9.67. The number of benzene rings is 1. The van der Waals surface area contributed by atoms with Gasteiger partial charge in [0.1, 0.15) is 0 Å². The SMILES string of the molecule is CCC(=O)c1ccc(N2CCN(C(=O)CCCCC(C)C)CC2)cc1. The van der Waals surface area contributed by atoms with E-state index in [1.165, 1.54) is 6.42 Å². The van der Waals surface area contributed by atoms with E-state index >= 15 is 0 Å². The molecule has 0 spiro atoms. The van der Waals surface area contributed by atoms with Gasteiger partial charge in [0.25, 0.3) is 0 Å². The van der Waals surface area contributed by atoms with E-state index in [-0.39, 0.29) is 5.78 Å². The van der Waals surface area contributed by atoms with E-state index in [2.05, 4.69) is 18.7 Å². The average Bonchev–Trinajstić information content (AvgIpc) is 2.64. The summed E-state index contributed by atoms with van der Waals surface area (Å²) >= 11 is 0. The number of amides is 1. The highest BCUT2D eigenvalue weighted by molar-refractivity contribution is 5.96. The van der Waals surface area contributed by atoms with Gasteiger partial charge < -0.3 is 9.80 Å². The average molecular weight is 344 g/mol. The molecule has 0 radical (unpaired) electrons. The van der Waals surface area contributed by atoms with Crippen molar-refractivity contribution in [2.24, 2.45) is 5.92 Å². The first-order valence-electron chi connectivity index (χ1n) is 9.67. The number of rotatable bonds is 8. The number of hydrogen-bond donors (Lipinski definition) is 0. The van der Waals surface area contributed by atoms with Gasteiger partial charge in [-0.1, -0.05) is 33.6 Å². The van der Waals surface area contributed by atoms with Crippen molar-refractivity contribution in [3.05, 3.63) is 29.8 Å². The molecule has 1 amide bonds. The molecule has 0 N–H and O–H groups in total. The zero-order chi connectivity index (χ0) is 18.2. The van der Waals surface area contributed by atoms with Crippen LogP contribution in [0, 0.1) is 5.92 Å². The summed E-state index contributed by atoms with van der Waals surface area (Å²) in [5.41, 5.74) is 1.91. The minimum absolute atomic E-state index is 0.180. The molecular formula is C21H32N2O2. The highest BCUT2D eigenvalue weighted by Crippen LogP contribution is 2.19. The summed E-state index contributed by atoms with van der Waals surface area (Å²) in [6.07, 6.45) is 4.58. The van der Waals surface area contributed by atoms with Crippen LogP contribution in [0.15, 0.2) is 24.3 Å². The van der Waals surface area contributed by atoms with Gasteiger partial charge in [-0.25, -0.2) is 0 Å². The summed E-state index contributed by atoms with van der Waals surface area (Å²) in [5, 5.41) is 0. The molecule has 1 aliphatic heterocycles. The van der Waals surface area contributed by atoms with Crippen LogP contribution in [0.5, 0.6) is 0 Å². The monoisotopic (exact) mass is 344 g/mol. The maximum Gasteiger partial charge on any atom is 0.222 e. The van der Waals surface area contributed by atoms with Crippen molar-refractivity contribution in [2.45, 2.75) is 52.9 Å². The molecule has 2 rings (SSSR count). The van der Waals surface area contributed by atoms with Crippen molar-refractivity contribution in [3.8, 4) is 0 Å². The second kappa shape index (κ2) is 9.59. The summed E-state index contributed by atoms with van der Waals surface area (Å²) in [7, 11) is 0. The largest absolute Gasteiger partial charge is 0.368 e. The second-order valence-electron chi connectivity index (χ2n) is 7.33. The number of carbonyl (C=O) groups is 2. The summed E-state index contributed by atoms with van der Waals surface area (Å²) < 4.78 is 0. The van der Waals surface area contributed by atoms with Crippen LogP contribution >= 0.6 is 0 Å². The van der Waals surface area contributed by atoms with Crippen molar-refractivity contribution >= 4 is 17.4 Å². The van der Waals surface area contributed by atoms with Crippen LogP contribution in [0.4, 0.5) is 5.69 Å². The number of nitrogens with zero attached hydrogens (tertiary/aromatic N) is 2. The highest BCUT2D eigenvalue weighted by atomic mass is 16.2. The van der Waals surface area contributed by atoms with E-state index in [4.69, 9.17) is 0 Å². The number of Topliss-reactive ketones (excluding diaryl/α,β-unsaturated/α-hetero) is 1. The summed E-state index contributed by atoms with van der Waals surface area (Å²) in [6.45, 7) is 9.64. The molecule has 25 heavy (non-hydrogen) atoms. The lowest BCUT2D eigenvalue weighted by atomic mass is 10.0. The molecule has 4 heteroatoms. The van der Waals surface area contributed by atoms with Crippen LogP contribution in [-0.2, 0) is 4.79 Å². The Morgan fingerprint density at radius 2 is 1.64 bits per heavy atom. The predicted molar refractivity (Wildman–Crippen MR) is 103 cm³/mol. The zero-order valence-electron chi connectivity index (χ0n) is 16.0. The van der Waals surface area contributed by atoms with Crippen molar-refractivity contribution < 1.29 is 9.59 Å². The molecule has 0 atom stereocenters. The number of unbranched alkanes of at least 4 members (excludes halogenated alkanes) is 1. The van der Waals surface area contributed by atoms with E-state index in [9.17, 15) is 9.59 Å². The van der Waals surface area contributed by atoms with Crippen LogP contribution < -0.4 is 4.90 Å². The second-order valence-corrected chi connectivity index (χ2v) is 7.33. The van der Waals surface area contributed by atoms with Gasteiger partial charge in [0, 0.05) is 50.3 Å². The molecule has 0 bridgehead atoms. The molecule has 0 aromatic heterocycles. The van der Waals surface area contributed by atoms with E-state index in [1.54, 1.807) is 0 Å². The Labute approximate surface area is 152 Å². The lowest BCUT2D eigenvalue weighted by Gasteiger charge is -2.36. The first kappa shape index (κ1) is 19.5. The minimum atomic E-state index is 0.180. The number of ketones is 1. The van der Waals surface area contributed by atoms with Gasteiger partial charge in [-0.3, -0.25) is 9.59 Å². The molecule has 1 aliphatic rings. The molecule has 1 heterocycles. The summed E-state index contributed by atoms with van der Waals surface area (Å²) in [5.74, 6) is 1.20. The van der Waals surface area contributed by atoms with Crippen LogP contribution in [0.2, 0.25) is 0 Å². The molecule has 1 aromatic carbocycles. The summed E-state index contributed by atoms with van der Waals surface area (Å²) in [4.78, 5) is 28.3. The Balaban J connectivity index is 1.77. The molecule has 4 nitrogen and oxygen atoms in total. The first-order chi connectivity index (χ1) is 12.0. The third kappa shape index (κ3) is 5.87. The smallest absolute Gasteiger partial charge is 0.222 e. The van der Waals surface area contributed by atoms with Crippen molar-refractivity contribution in [3.63, 3.8) is 0 Å². The van der Waals surface area contributed by atoms with Crippen LogP contribution in [0.3, 0.4) is 0 Å². The Bertz CT molecular complexity index is 558. The summed E-state index contributed by atoms with van der Waals surface area (Å²) in [6, 6.07) is 7.86. The fraction of sp³-hybridized carbons (Fsp3) is 0.619. The van der Waals surface area contributed by atoms with E-state index in [0.717, 1.165) is 56.2 Å². The molecular weight excluding hydrogens is 312 g/mol. The maximum atomic E-state index is 12.3. The third-order valence-corrected chi connectivity index (χ3v) is 4.93. The van der Waals surface area contributed by atoms with Crippen LogP contribution in [0.25, 0.3) is 0 Å². The van der Waals surface area contributed by atoms with Crippen molar-refractivity contribution in [1.82, 2.24) is 4.90 Å². The van der Waals surface area contributed by atoms with Gasteiger partial charge >= 0.3 is 0 Å². The molecule has 0 saturated carbocycles. The molecule has 1 fully saturated rings. The topological polar surface area (TPSA) is 40.6 Å². The lowest BCUT2D eigenvalue weighted by molar-refractivity contribution is -0.131. The normalized spacial score (nSPS) is 14.9. The van der Waals surface area contributed by atoms with Crippen LogP contribution in [0.1, 0.15) is 63.2 Å². The number of hydrogen-bond acceptors (Lipinski definition) is 3. The van der Waals surface area contributed by atoms with Crippen LogP contribution in [-0.4, -0.2) is 42.8 Å². The van der Waals surface area contributed by atoms with Crippen molar-refractivity contribution in [1.29, 1.82) is 0 Å². The minimum Gasteiger partial charge on any atom is -0.368 e. The fourth-order valence-electron chi connectivity index (χ4n) is 3.26. The molecule has 138 valence electrons. The van der Waals surface area contributed by atoms with E-state index in [0.29, 0.717) is 18.7 Å². The van der Waals surface area contributed by atoms with E-state index in [1.807, 2.05) is 36.1 Å². The molecule has 0 aliphatic carbocycles. The zero-order valence-corrected chi connectivity index (χ0v) is 16.0. The standard InChI is InChI=1S/C21H32N2O2/c1-4-20(24)18-9-11-19(12-10-18)22-13-15-23(16-14-22)21(25)8-6-5-7-17(2)3/h9-12,17H,4-8,13-16H2,1-3H3. The van der Waals surface area contributed by atoms with Gasteiger partial charge in [0.15, 0.2) is 5.78 Å². The van der Waals surface area contributed by atoms with E-state index < -0.39 is 0 Å². The number of carbonyl (C=O) groups excluding carboxylic acids is 2. The fourth-order valence-corrected chi connectivity index (χ4v) is 3.26. The van der Waals surface area contributed by atoms with Gasteiger partial charge in [-0.15, -0.1) is 0 Å². The van der Waals surface area contributed by atoms with Gasteiger partial charge in [-0.2, -0.15) is 0 Å². The Kier molecular flexibility index (Phi) is 7.48. The highest BCUT2D eigenvalue weighted by Gasteiger charge is 2.21. The van der Waals surface area contributed by atoms with Gasteiger partial charge in [0.2, 0.25) is 5.91 Å². The quantitative estimate of drug-likeness (QED) is 0.525. The number of piperazine rings is 1. The Morgan fingerprint density at radius 1 is 1.00 bits per heavy atom.